The number of carbonyl (C=O) groups is 2. The minimum Gasteiger partial charge on any atom is -0.392 e. The van der Waals surface area contributed by atoms with Gasteiger partial charge in [-0.25, -0.2) is 0 Å². The number of hydrogen-bond donors (Lipinski definition) is 2. The summed E-state index contributed by atoms with van der Waals surface area (Å²) in [6, 6.07) is 16.9. The van der Waals surface area contributed by atoms with Gasteiger partial charge < -0.3 is 5.11 Å². The number of aliphatic hydroxyl groups is 1. The second-order valence-electron chi connectivity index (χ2n) is 8.82. The molecule has 1 fully saturated rings. The number of fused-ring (bicyclic) bond motifs is 1. The highest BCUT2D eigenvalue weighted by atomic mass is 16.3. The second kappa shape index (κ2) is 9.86. The summed E-state index contributed by atoms with van der Waals surface area (Å²) >= 11 is 0. The van der Waals surface area contributed by atoms with Crippen molar-refractivity contribution in [3.05, 3.63) is 71.3 Å². The fraction of sp³-hybridized carbons (Fsp3) is 0.462. The summed E-state index contributed by atoms with van der Waals surface area (Å²) in [6.07, 6.45) is 3.47. The predicted octanol–water partition coefficient (Wildman–Crippen LogP) is 3.12. The first-order valence-electron chi connectivity index (χ1n) is 11.4. The SMILES string of the molecule is CC[C@H](O)[C@H]1C[C@@H](Cc2ccccc2)CCN1CCNC1C(=O)c2ccccc2C1=O. The van der Waals surface area contributed by atoms with Crippen LogP contribution in [0.1, 0.15) is 52.5 Å². The van der Waals surface area contributed by atoms with Gasteiger partial charge in [-0.2, -0.15) is 0 Å². The van der Waals surface area contributed by atoms with E-state index >= 15 is 0 Å². The van der Waals surface area contributed by atoms with Gasteiger partial charge in [-0.15, -0.1) is 0 Å². The van der Waals surface area contributed by atoms with E-state index in [0.717, 1.165) is 32.2 Å². The van der Waals surface area contributed by atoms with Crippen LogP contribution < -0.4 is 5.32 Å². The normalized spacial score (nSPS) is 23.2. The first-order chi connectivity index (χ1) is 15.1. The molecular formula is C26H32N2O3. The Bertz CT molecular complexity index is 879. The number of carbonyl (C=O) groups excluding carboxylic acids is 2. The zero-order valence-corrected chi connectivity index (χ0v) is 18.2. The number of hydrogen-bond acceptors (Lipinski definition) is 5. The Labute approximate surface area is 184 Å². The number of nitrogens with one attached hydrogen (secondary N) is 1. The second-order valence-corrected chi connectivity index (χ2v) is 8.82. The predicted molar refractivity (Wildman–Crippen MR) is 121 cm³/mol. The summed E-state index contributed by atoms with van der Waals surface area (Å²) in [7, 11) is 0. The molecule has 0 radical (unpaired) electrons. The quantitative estimate of drug-likeness (QED) is 0.642. The molecule has 0 spiro atoms. The highest BCUT2D eigenvalue weighted by molar-refractivity contribution is 6.29. The van der Waals surface area contributed by atoms with Crippen LogP contribution in [0.3, 0.4) is 0 Å². The minimum atomic E-state index is -0.775. The minimum absolute atomic E-state index is 0.112. The number of benzene rings is 2. The third kappa shape index (κ3) is 4.79. The first kappa shape index (κ1) is 21.9. The monoisotopic (exact) mass is 420 g/mol. The number of likely N-dealkylation sites (tertiary alicyclic amines) is 1. The molecular weight excluding hydrogens is 388 g/mol. The molecule has 2 N–H and O–H groups in total. The van der Waals surface area contributed by atoms with Crippen molar-refractivity contribution >= 4 is 11.6 Å². The van der Waals surface area contributed by atoms with Gasteiger partial charge >= 0.3 is 0 Å². The van der Waals surface area contributed by atoms with E-state index in [0.29, 0.717) is 30.1 Å². The number of Topliss-reactive ketones (excluding diaryl/α,β-unsaturated/α-hetero) is 2. The molecule has 3 atom stereocenters. The van der Waals surface area contributed by atoms with E-state index in [1.54, 1.807) is 24.3 Å². The van der Waals surface area contributed by atoms with Gasteiger partial charge in [0.15, 0.2) is 11.6 Å². The van der Waals surface area contributed by atoms with Gasteiger partial charge in [-0.05, 0) is 43.7 Å². The molecule has 0 bridgehead atoms. The topological polar surface area (TPSA) is 69.6 Å². The summed E-state index contributed by atoms with van der Waals surface area (Å²) in [5, 5.41) is 13.9. The van der Waals surface area contributed by atoms with Crippen molar-refractivity contribution in [3.8, 4) is 0 Å². The number of aliphatic hydroxyl groups excluding tert-OH is 1. The Hall–Kier alpha value is -2.34. The molecule has 0 aromatic heterocycles. The van der Waals surface area contributed by atoms with Crippen LogP contribution in [0, 0.1) is 5.92 Å². The lowest BCUT2D eigenvalue weighted by Crippen LogP contribution is -2.52. The summed E-state index contributed by atoms with van der Waals surface area (Å²) in [6.45, 7) is 4.21. The van der Waals surface area contributed by atoms with Crippen LogP contribution in [-0.4, -0.2) is 59.4 Å². The van der Waals surface area contributed by atoms with Crippen molar-refractivity contribution in [2.45, 2.75) is 50.8 Å². The molecule has 31 heavy (non-hydrogen) atoms. The number of piperidine rings is 1. The summed E-state index contributed by atoms with van der Waals surface area (Å²) in [5.41, 5.74) is 2.39. The standard InChI is InChI=1S/C26H32N2O3/c1-2-23(29)22-17-19(16-18-8-4-3-5-9-18)12-14-28(22)15-13-27-24-25(30)20-10-6-7-11-21(20)26(24)31/h3-11,19,22-24,27,29H,2,12-17H2,1H3/t19-,22-,23+/m1/s1. The summed E-state index contributed by atoms with van der Waals surface area (Å²) < 4.78 is 0. The van der Waals surface area contributed by atoms with Gasteiger partial charge in [-0.3, -0.25) is 19.8 Å². The van der Waals surface area contributed by atoms with E-state index < -0.39 is 6.04 Å². The summed E-state index contributed by atoms with van der Waals surface area (Å²) in [5.74, 6) is 0.296. The van der Waals surface area contributed by atoms with Gasteiger partial charge in [0.05, 0.1) is 6.10 Å². The van der Waals surface area contributed by atoms with E-state index in [1.807, 2.05) is 13.0 Å². The Morgan fingerprint density at radius 2 is 1.68 bits per heavy atom. The van der Waals surface area contributed by atoms with Gasteiger partial charge in [0, 0.05) is 30.3 Å². The van der Waals surface area contributed by atoms with Crippen molar-refractivity contribution in [2.24, 2.45) is 5.92 Å². The Kier molecular flexibility index (Phi) is 6.96. The van der Waals surface area contributed by atoms with Crippen LogP contribution in [-0.2, 0) is 6.42 Å². The van der Waals surface area contributed by atoms with E-state index in [2.05, 4.69) is 34.5 Å². The van der Waals surface area contributed by atoms with E-state index in [1.165, 1.54) is 5.56 Å². The van der Waals surface area contributed by atoms with Crippen molar-refractivity contribution in [1.82, 2.24) is 10.2 Å². The molecule has 4 rings (SSSR count). The molecule has 1 aliphatic carbocycles. The van der Waals surface area contributed by atoms with Gasteiger partial charge in [0.2, 0.25) is 0 Å². The third-order valence-corrected chi connectivity index (χ3v) is 6.83. The zero-order chi connectivity index (χ0) is 21.8. The lowest BCUT2D eigenvalue weighted by atomic mass is 9.83. The molecule has 0 amide bonds. The van der Waals surface area contributed by atoms with Crippen molar-refractivity contribution in [3.63, 3.8) is 0 Å². The van der Waals surface area contributed by atoms with Gasteiger partial charge in [-0.1, -0.05) is 61.5 Å². The average molecular weight is 421 g/mol. The maximum atomic E-state index is 12.6. The molecule has 164 valence electrons. The van der Waals surface area contributed by atoms with Gasteiger partial charge in [0.25, 0.3) is 0 Å². The van der Waals surface area contributed by atoms with E-state index in [9.17, 15) is 14.7 Å². The Morgan fingerprint density at radius 1 is 1.03 bits per heavy atom. The van der Waals surface area contributed by atoms with E-state index in [-0.39, 0.29) is 23.7 Å². The van der Waals surface area contributed by atoms with Crippen molar-refractivity contribution < 1.29 is 14.7 Å². The largest absolute Gasteiger partial charge is 0.392 e. The third-order valence-electron chi connectivity index (χ3n) is 6.83. The molecule has 1 heterocycles. The molecule has 2 aromatic carbocycles. The van der Waals surface area contributed by atoms with Crippen LogP contribution in [0.15, 0.2) is 54.6 Å². The van der Waals surface area contributed by atoms with Gasteiger partial charge in [0.1, 0.15) is 6.04 Å². The van der Waals surface area contributed by atoms with Crippen LogP contribution in [0.5, 0.6) is 0 Å². The fourth-order valence-electron chi connectivity index (χ4n) is 5.09. The maximum Gasteiger partial charge on any atom is 0.188 e. The molecule has 0 unspecified atom stereocenters. The first-order valence-corrected chi connectivity index (χ1v) is 11.4. The molecule has 1 saturated heterocycles. The number of ketones is 2. The van der Waals surface area contributed by atoms with Crippen LogP contribution in [0.2, 0.25) is 0 Å². The fourth-order valence-corrected chi connectivity index (χ4v) is 5.09. The van der Waals surface area contributed by atoms with Crippen LogP contribution >= 0.6 is 0 Å². The van der Waals surface area contributed by atoms with Crippen LogP contribution in [0.4, 0.5) is 0 Å². The van der Waals surface area contributed by atoms with Crippen molar-refractivity contribution in [2.75, 3.05) is 19.6 Å². The lowest BCUT2D eigenvalue weighted by Gasteiger charge is -2.42. The highest BCUT2D eigenvalue weighted by Crippen LogP contribution is 2.29. The van der Waals surface area contributed by atoms with Crippen molar-refractivity contribution in [1.29, 1.82) is 0 Å². The average Bonchev–Trinajstić information content (AvgIpc) is 3.05. The molecule has 2 aromatic rings. The number of rotatable bonds is 8. The smallest absolute Gasteiger partial charge is 0.188 e. The summed E-state index contributed by atoms with van der Waals surface area (Å²) in [4.78, 5) is 27.5. The van der Waals surface area contributed by atoms with E-state index in [4.69, 9.17) is 0 Å². The number of nitrogens with zero attached hydrogens (tertiary/aromatic N) is 1. The Balaban J connectivity index is 1.33. The zero-order valence-electron chi connectivity index (χ0n) is 18.2. The molecule has 5 nitrogen and oxygen atoms in total. The molecule has 5 heteroatoms. The molecule has 1 aliphatic heterocycles. The molecule has 0 saturated carbocycles. The highest BCUT2D eigenvalue weighted by Gasteiger charge is 2.38. The maximum absolute atomic E-state index is 12.6. The molecule has 2 aliphatic rings. The van der Waals surface area contributed by atoms with Crippen LogP contribution in [0.25, 0.3) is 0 Å². The Morgan fingerprint density at radius 3 is 2.32 bits per heavy atom. The lowest BCUT2D eigenvalue weighted by molar-refractivity contribution is 0.00764.